The number of carbonyl (C=O) groups excluding carboxylic acids is 1. The van der Waals surface area contributed by atoms with Crippen LogP contribution in [0, 0.1) is 0 Å². The standard InChI is InChI=1S/C25H29N7O3/c1-25(34)8-5-20(25)30-24(33)17-13-28-32-21(26-2)12-19(29-23(17)32)18-14-31(15-6-10-35-11-7-15)22-16(18)4-3-9-27-22/h3-4,9,12-15,20,26,34H,5-8,10-11H2,1-2H3,(H,30,33)/t20?,25-/m0/s1. The number of nitrogens with one attached hydrogen (secondary N) is 2. The first-order chi connectivity index (χ1) is 17.0. The summed E-state index contributed by atoms with van der Waals surface area (Å²) >= 11 is 0. The third kappa shape index (κ3) is 3.64. The van der Waals surface area contributed by atoms with Crippen molar-refractivity contribution in [2.45, 2.75) is 50.3 Å². The van der Waals surface area contributed by atoms with Crippen LogP contribution in [0.3, 0.4) is 0 Å². The van der Waals surface area contributed by atoms with Gasteiger partial charge in [-0.15, -0.1) is 0 Å². The summed E-state index contributed by atoms with van der Waals surface area (Å²) in [5.41, 5.74) is 2.55. The van der Waals surface area contributed by atoms with Gasteiger partial charge in [0.25, 0.3) is 5.91 Å². The molecule has 10 heteroatoms. The minimum Gasteiger partial charge on any atom is -0.388 e. The molecule has 3 N–H and O–H groups in total. The second-order valence-corrected chi connectivity index (χ2v) is 9.66. The van der Waals surface area contributed by atoms with Crippen LogP contribution in [0.15, 0.2) is 36.8 Å². The van der Waals surface area contributed by atoms with Gasteiger partial charge in [0.05, 0.1) is 23.5 Å². The highest BCUT2D eigenvalue weighted by atomic mass is 16.5. The number of ether oxygens (including phenoxy) is 1. The van der Waals surface area contributed by atoms with Gasteiger partial charge >= 0.3 is 0 Å². The lowest BCUT2D eigenvalue weighted by Gasteiger charge is -2.42. The molecule has 1 aliphatic heterocycles. The van der Waals surface area contributed by atoms with Crippen molar-refractivity contribution in [2.75, 3.05) is 25.6 Å². The van der Waals surface area contributed by atoms with Crippen molar-refractivity contribution in [3.05, 3.63) is 42.4 Å². The number of aliphatic hydroxyl groups is 1. The monoisotopic (exact) mass is 475 g/mol. The first-order valence-corrected chi connectivity index (χ1v) is 12.1. The van der Waals surface area contributed by atoms with E-state index in [1.165, 1.54) is 6.20 Å². The van der Waals surface area contributed by atoms with E-state index in [2.05, 4.69) is 37.5 Å². The van der Waals surface area contributed by atoms with Crippen molar-refractivity contribution in [2.24, 2.45) is 0 Å². The van der Waals surface area contributed by atoms with Gasteiger partial charge in [-0.05, 0) is 44.7 Å². The van der Waals surface area contributed by atoms with E-state index in [-0.39, 0.29) is 11.9 Å². The summed E-state index contributed by atoms with van der Waals surface area (Å²) in [7, 11) is 1.82. The molecule has 1 aliphatic carbocycles. The predicted octanol–water partition coefficient (Wildman–Crippen LogP) is 2.78. The molecule has 6 rings (SSSR count). The number of fused-ring (bicyclic) bond motifs is 2. The lowest BCUT2D eigenvalue weighted by molar-refractivity contribution is -0.0486. The summed E-state index contributed by atoms with van der Waals surface area (Å²) in [5.74, 6) is 0.429. The minimum atomic E-state index is -0.883. The molecule has 10 nitrogen and oxygen atoms in total. The number of aromatic nitrogens is 5. The van der Waals surface area contributed by atoms with Gasteiger partial charge in [0.1, 0.15) is 17.0 Å². The van der Waals surface area contributed by atoms with E-state index in [1.54, 1.807) is 11.4 Å². The fourth-order valence-electron chi connectivity index (χ4n) is 5.14. The van der Waals surface area contributed by atoms with Gasteiger partial charge in [0.2, 0.25) is 0 Å². The molecule has 1 saturated heterocycles. The molecular weight excluding hydrogens is 446 g/mol. The average Bonchev–Trinajstić information content (AvgIpc) is 3.48. The number of nitrogens with zero attached hydrogens (tertiary/aromatic N) is 5. The highest BCUT2D eigenvalue weighted by Crippen LogP contribution is 2.35. The fraction of sp³-hybridized carbons (Fsp3) is 0.440. The molecule has 4 aromatic rings. The molecule has 0 radical (unpaired) electrons. The number of rotatable bonds is 5. The van der Waals surface area contributed by atoms with Crippen LogP contribution in [0.5, 0.6) is 0 Å². The lowest BCUT2D eigenvalue weighted by atomic mass is 9.76. The Kier molecular flexibility index (Phi) is 5.23. The molecule has 2 aliphatic rings. The molecule has 1 unspecified atom stereocenters. The lowest BCUT2D eigenvalue weighted by Crippen LogP contribution is -2.58. The number of pyridine rings is 1. The molecule has 35 heavy (non-hydrogen) atoms. The van der Waals surface area contributed by atoms with Gasteiger partial charge in [0, 0.05) is 55.7 Å². The maximum absolute atomic E-state index is 13.1. The molecule has 0 bridgehead atoms. The second-order valence-electron chi connectivity index (χ2n) is 9.66. The van der Waals surface area contributed by atoms with Crippen LogP contribution < -0.4 is 10.6 Å². The Balaban J connectivity index is 1.45. The molecule has 4 aromatic heterocycles. The van der Waals surface area contributed by atoms with Gasteiger partial charge in [-0.3, -0.25) is 4.79 Å². The van der Waals surface area contributed by atoms with Crippen molar-refractivity contribution in [3.8, 4) is 11.3 Å². The Morgan fingerprint density at radius 2 is 2.09 bits per heavy atom. The Morgan fingerprint density at radius 3 is 2.80 bits per heavy atom. The van der Waals surface area contributed by atoms with Crippen molar-refractivity contribution in [3.63, 3.8) is 0 Å². The van der Waals surface area contributed by atoms with E-state index in [0.717, 1.165) is 60.6 Å². The number of amides is 1. The van der Waals surface area contributed by atoms with Crippen molar-refractivity contribution in [1.82, 2.24) is 29.5 Å². The van der Waals surface area contributed by atoms with Crippen LogP contribution in [0.25, 0.3) is 27.9 Å². The SMILES string of the molecule is CNc1cc(-c2cn(C3CCOCC3)c3ncccc23)nc2c(C(=O)NC3CC[C@]3(C)O)cnn12. The smallest absolute Gasteiger partial charge is 0.257 e. The topological polar surface area (TPSA) is 119 Å². The van der Waals surface area contributed by atoms with Crippen molar-refractivity contribution < 1.29 is 14.6 Å². The number of carbonyl (C=O) groups is 1. The van der Waals surface area contributed by atoms with Crippen LogP contribution in [0.4, 0.5) is 5.82 Å². The van der Waals surface area contributed by atoms with E-state index in [9.17, 15) is 9.90 Å². The van der Waals surface area contributed by atoms with E-state index >= 15 is 0 Å². The zero-order chi connectivity index (χ0) is 24.2. The van der Waals surface area contributed by atoms with Crippen LogP contribution in [0.1, 0.15) is 49.0 Å². The molecule has 5 heterocycles. The highest BCUT2D eigenvalue weighted by molar-refractivity contribution is 6.01. The summed E-state index contributed by atoms with van der Waals surface area (Å²) in [5, 5.41) is 21.9. The quantitative estimate of drug-likeness (QED) is 0.406. The maximum Gasteiger partial charge on any atom is 0.257 e. The summed E-state index contributed by atoms with van der Waals surface area (Å²) < 4.78 is 9.43. The number of hydrogen-bond donors (Lipinski definition) is 3. The molecule has 2 atom stereocenters. The van der Waals surface area contributed by atoms with Crippen LogP contribution >= 0.6 is 0 Å². The Hall–Kier alpha value is -3.50. The summed E-state index contributed by atoms with van der Waals surface area (Å²) in [4.78, 5) is 22.7. The normalized spacial score (nSPS) is 22.9. The van der Waals surface area contributed by atoms with Crippen molar-refractivity contribution in [1.29, 1.82) is 0 Å². The maximum atomic E-state index is 13.1. The van der Waals surface area contributed by atoms with Crippen LogP contribution in [0.2, 0.25) is 0 Å². The molecule has 0 aromatic carbocycles. The second kappa shape index (κ2) is 8.31. The van der Waals surface area contributed by atoms with Gasteiger partial charge in [-0.2, -0.15) is 9.61 Å². The van der Waals surface area contributed by atoms with Gasteiger partial charge in [0.15, 0.2) is 5.65 Å². The largest absolute Gasteiger partial charge is 0.388 e. The summed E-state index contributed by atoms with van der Waals surface area (Å²) in [6.07, 6.45) is 8.75. The zero-order valence-electron chi connectivity index (χ0n) is 19.9. The third-order valence-electron chi connectivity index (χ3n) is 7.42. The molecule has 1 amide bonds. The van der Waals surface area contributed by atoms with Crippen molar-refractivity contribution >= 4 is 28.4 Å². The van der Waals surface area contributed by atoms with Crippen LogP contribution in [-0.4, -0.2) is 67.1 Å². The summed E-state index contributed by atoms with van der Waals surface area (Å²) in [6, 6.07) is 5.96. The third-order valence-corrected chi connectivity index (χ3v) is 7.42. The van der Waals surface area contributed by atoms with Gasteiger partial charge in [-0.25, -0.2) is 9.97 Å². The first kappa shape index (κ1) is 22.0. The van der Waals surface area contributed by atoms with E-state index in [1.807, 2.05) is 25.4 Å². The molecule has 0 spiro atoms. The highest BCUT2D eigenvalue weighted by Gasteiger charge is 2.42. The van der Waals surface area contributed by atoms with Gasteiger partial charge < -0.3 is 25.0 Å². The molecule has 182 valence electrons. The molecule has 1 saturated carbocycles. The fourth-order valence-corrected chi connectivity index (χ4v) is 5.14. The number of anilines is 1. The Labute approximate surface area is 202 Å². The zero-order valence-corrected chi connectivity index (χ0v) is 19.9. The van der Waals surface area contributed by atoms with Crippen LogP contribution in [-0.2, 0) is 4.74 Å². The molecular formula is C25H29N7O3. The predicted molar refractivity (Wildman–Crippen MR) is 131 cm³/mol. The minimum absolute atomic E-state index is 0.277. The number of hydrogen-bond acceptors (Lipinski definition) is 7. The summed E-state index contributed by atoms with van der Waals surface area (Å²) in [6.45, 7) is 3.22. The van der Waals surface area contributed by atoms with Gasteiger partial charge in [-0.1, -0.05) is 0 Å². The molecule has 2 fully saturated rings. The Morgan fingerprint density at radius 1 is 1.26 bits per heavy atom. The van der Waals surface area contributed by atoms with E-state index in [4.69, 9.17) is 9.72 Å². The van der Waals surface area contributed by atoms with E-state index in [0.29, 0.717) is 23.7 Å². The first-order valence-electron chi connectivity index (χ1n) is 12.1. The average molecular weight is 476 g/mol. The Bertz CT molecular complexity index is 1420. The van der Waals surface area contributed by atoms with E-state index < -0.39 is 5.60 Å².